The Morgan fingerprint density at radius 3 is 3.00 bits per heavy atom. The maximum Gasteiger partial charge on any atom is 0.323 e. The van der Waals surface area contributed by atoms with Crippen LogP contribution in [0.1, 0.15) is 12.0 Å². The number of halogens is 1. The lowest BCUT2D eigenvalue weighted by molar-refractivity contribution is -0.142. The van der Waals surface area contributed by atoms with Crippen LogP contribution in [0.25, 0.3) is 16.8 Å². The molecule has 0 spiro atoms. The van der Waals surface area contributed by atoms with Gasteiger partial charge in [-0.2, -0.15) is 0 Å². The predicted molar refractivity (Wildman–Crippen MR) is 91.9 cm³/mol. The van der Waals surface area contributed by atoms with Gasteiger partial charge in [0.25, 0.3) is 0 Å². The monoisotopic (exact) mass is 334 g/mol. The normalized spacial score (nSPS) is 19.9. The van der Waals surface area contributed by atoms with Gasteiger partial charge in [-0.1, -0.05) is 24.8 Å². The molecule has 0 aliphatic carbocycles. The molecule has 0 saturated carbocycles. The Kier molecular flexibility index (Phi) is 5.58. The molecule has 0 amide bonds. The SMILES string of the molecule is C=Cc1ccc2ccnc(OC3CNC(C(=O)OC)C3)c2c1.Cl. The van der Waals surface area contributed by atoms with Crippen LogP contribution in [0.15, 0.2) is 37.0 Å². The number of benzene rings is 1. The minimum Gasteiger partial charge on any atom is -0.472 e. The second-order valence-electron chi connectivity index (χ2n) is 5.26. The summed E-state index contributed by atoms with van der Waals surface area (Å²) in [5, 5.41) is 5.11. The van der Waals surface area contributed by atoms with E-state index >= 15 is 0 Å². The Labute approximate surface area is 141 Å². The van der Waals surface area contributed by atoms with E-state index in [1.165, 1.54) is 7.11 Å². The van der Waals surface area contributed by atoms with Gasteiger partial charge in [0.1, 0.15) is 12.1 Å². The van der Waals surface area contributed by atoms with Gasteiger partial charge in [0.05, 0.1) is 7.11 Å². The summed E-state index contributed by atoms with van der Waals surface area (Å²) in [6.45, 7) is 4.38. The molecule has 2 unspecified atom stereocenters. The van der Waals surface area contributed by atoms with Crippen LogP contribution in [0.2, 0.25) is 0 Å². The molecule has 3 rings (SSSR count). The van der Waals surface area contributed by atoms with E-state index in [-0.39, 0.29) is 30.5 Å². The maximum absolute atomic E-state index is 11.5. The van der Waals surface area contributed by atoms with Gasteiger partial charge in [0.2, 0.25) is 5.88 Å². The van der Waals surface area contributed by atoms with Crippen LogP contribution < -0.4 is 10.1 Å². The summed E-state index contributed by atoms with van der Waals surface area (Å²) in [4.78, 5) is 15.9. The Bertz CT molecular complexity index is 720. The number of hydrogen-bond acceptors (Lipinski definition) is 5. The molecule has 23 heavy (non-hydrogen) atoms. The summed E-state index contributed by atoms with van der Waals surface area (Å²) in [6.07, 6.45) is 3.99. The van der Waals surface area contributed by atoms with Gasteiger partial charge >= 0.3 is 5.97 Å². The van der Waals surface area contributed by atoms with E-state index < -0.39 is 0 Å². The van der Waals surface area contributed by atoms with E-state index in [2.05, 4.69) is 16.9 Å². The van der Waals surface area contributed by atoms with E-state index in [1.54, 1.807) is 12.3 Å². The molecule has 1 aromatic carbocycles. The number of rotatable bonds is 4. The van der Waals surface area contributed by atoms with E-state index in [4.69, 9.17) is 9.47 Å². The van der Waals surface area contributed by atoms with Crippen molar-refractivity contribution in [3.05, 3.63) is 42.6 Å². The fourth-order valence-corrected chi connectivity index (χ4v) is 2.65. The van der Waals surface area contributed by atoms with Crippen LogP contribution in [-0.4, -0.2) is 36.8 Å². The third kappa shape index (κ3) is 3.63. The molecule has 1 aliphatic heterocycles. The molecule has 0 bridgehead atoms. The highest BCUT2D eigenvalue weighted by Crippen LogP contribution is 2.26. The molecule has 1 N–H and O–H groups in total. The Hall–Kier alpha value is -2.11. The zero-order valence-electron chi connectivity index (χ0n) is 12.8. The van der Waals surface area contributed by atoms with Crippen LogP contribution in [0.4, 0.5) is 0 Å². The van der Waals surface area contributed by atoms with Crippen molar-refractivity contribution in [1.82, 2.24) is 10.3 Å². The van der Waals surface area contributed by atoms with Gasteiger partial charge in [-0.15, -0.1) is 12.4 Å². The lowest BCUT2D eigenvalue weighted by atomic mass is 10.1. The number of carbonyl (C=O) groups excluding carboxylic acids is 1. The number of nitrogens with one attached hydrogen (secondary N) is 1. The minimum atomic E-state index is -0.311. The largest absolute Gasteiger partial charge is 0.472 e. The smallest absolute Gasteiger partial charge is 0.323 e. The van der Waals surface area contributed by atoms with Crippen molar-refractivity contribution in [3.8, 4) is 5.88 Å². The number of esters is 1. The van der Waals surface area contributed by atoms with Crippen LogP contribution in [0, 0.1) is 0 Å². The third-order valence-electron chi connectivity index (χ3n) is 3.84. The van der Waals surface area contributed by atoms with Crippen LogP contribution in [0.5, 0.6) is 5.88 Å². The van der Waals surface area contributed by atoms with Crippen molar-refractivity contribution in [3.63, 3.8) is 0 Å². The molecule has 2 heterocycles. The van der Waals surface area contributed by atoms with Crippen LogP contribution in [0.3, 0.4) is 0 Å². The minimum absolute atomic E-state index is 0. The number of aromatic nitrogens is 1. The molecule has 1 aliphatic rings. The van der Waals surface area contributed by atoms with Crippen molar-refractivity contribution in [1.29, 1.82) is 0 Å². The first kappa shape index (κ1) is 17.2. The first-order valence-corrected chi connectivity index (χ1v) is 7.20. The molecule has 1 aromatic heterocycles. The van der Waals surface area contributed by atoms with Crippen LogP contribution >= 0.6 is 12.4 Å². The topological polar surface area (TPSA) is 60.5 Å². The third-order valence-corrected chi connectivity index (χ3v) is 3.84. The zero-order valence-corrected chi connectivity index (χ0v) is 13.6. The second kappa shape index (κ2) is 7.44. The lowest BCUT2D eigenvalue weighted by Gasteiger charge is -2.14. The number of fused-ring (bicyclic) bond motifs is 1. The van der Waals surface area contributed by atoms with Crippen molar-refractivity contribution in [2.45, 2.75) is 18.6 Å². The van der Waals surface area contributed by atoms with Gasteiger partial charge in [0, 0.05) is 24.5 Å². The lowest BCUT2D eigenvalue weighted by Crippen LogP contribution is -2.31. The van der Waals surface area contributed by atoms with E-state index in [1.807, 2.05) is 24.3 Å². The van der Waals surface area contributed by atoms with Gasteiger partial charge in [-0.3, -0.25) is 4.79 Å². The van der Waals surface area contributed by atoms with E-state index in [9.17, 15) is 4.79 Å². The Morgan fingerprint density at radius 2 is 2.26 bits per heavy atom. The van der Waals surface area contributed by atoms with Gasteiger partial charge in [-0.05, 0) is 23.1 Å². The van der Waals surface area contributed by atoms with Gasteiger partial charge in [0.15, 0.2) is 0 Å². The maximum atomic E-state index is 11.5. The molecule has 5 nitrogen and oxygen atoms in total. The molecule has 0 radical (unpaired) electrons. The van der Waals surface area contributed by atoms with Gasteiger partial charge in [-0.25, -0.2) is 4.98 Å². The number of nitrogens with zero attached hydrogens (tertiary/aromatic N) is 1. The van der Waals surface area contributed by atoms with Crippen molar-refractivity contribution < 1.29 is 14.3 Å². The molecule has 1 saturated heterocycles. The summed E-state index contributed by atoms with van der Waals surface area (Å²) in [7, 11) is 1.39. The second-order valence-corrected chi connectivity index (χ2v) is 5.26. The molecule has 1 fully saturated rings. The number of carbonyl (C=O) groups is 1. The summed E-state index contributed by atoms with van der Waals surface area (Å²) < 4.78 is 10.7. The Morgan fingerprint density at radius 1 is 1.43 bits per heavy atom. The van der Waals surface area contributed by atoms with Gasteiger partial charge < -0.3 is 14.8 Å². The quantitative estimate of drug-likeness (QED) is 0.871. The van der Waals surface area contributed by atoms with E-state index in [0.717, 1.165) is 16.3 Å². The number of ether oxygens (including phenoxy) is 2. The van der Waals surface area contributed by atoms with Crippen LogP contribution in [-0.2, 0) is 9.53 Å². The Balaban J connectivity index is 0.00000192. The van der Waals surface area contributed by atoms with E-state index in [0.29, 0.717) is 18.8 Å². The number of hydrogen-bond donors (Lipinski definition) is 1. The number of methoxy groups -OCH3 is 1. The highest BCUT2D eigenvalue weighted by atomic mass is 35.5. The summed E-state index contributed by atoms with van der Waals surface area (Å²) in [5.74, 6) is 0.324. The molecular formula is C17H19ClN2O3. The first-order valence-electron chi connectivity index (χ1n) is 7.20. The molecular weight excluding hydrogens is 316 g/mol. The molecule has 6 heteroatoms. The predicted octanol–water partition coefficient (Wildman–Crippen LogP) is 2.58. The standard InChI is InChI=1S/C17H18N2O3.ClH/c1-3-11-4-5-12-6-7-18-16(14(12)8-11)22-13-9-15(19-10-13)17(20)21-2;/h3-8,13,15,19H,1,9-10H2,2H3;1H. The van der Waals surface area contributed by atoms with Crippen molar-refractivity contribution in [2.75, 3.05) is 13.7 Å². The highest BCUT2D eigenvalue weighted by molar-refractivity contribution is 5.88. The van der Waals surface area contributed by atoms with Crippen molar-refractivity contribution >= 4 is 35.2 Å². The average Bonchev–Trinajstić information content (AvgIpc) is 3.02. The summed E-state index contributed by atoms with van der Waals surface area (Å²) >= 11 is 0. The first-order chi connectivity index (χ1) is 10.7. The summed E-state index contributed by atoms with van der Waals surface area (Å²) in [6, 6.07) is 7.66. The molecule has 2 aromatic rings. The molecule has 2 atom stereocenters. The van der Waals surface area contributed by atoms with Crippen molar-refractivity contribution in [2.24, 2.45) is 0 Å². The zero-order chi connectivity index (χ0) is 15.5. The average molecular weight is 335 g/mol. The molecule has 122 valence electrons. The highest BCUT2D eigenvalue weighted by Gasteiger charge is 2.31. The summed E-state index contributed by atoms with van der Waals surface area (Å²) in [5.41, 5.74) is 1.02. The fourth-order valence-electron chi connectivity index (χ4n) is 2.65. The number of pyridine rings is 1. The fraction of sp³-hybridized carbons (Fsp3) is 0.294.